The standard InChI is InChI=1S/C19H30N4O3/c1-12(2)9-14-10-15(19(26)23-7-5-6-8-23)21-22-17(14)18(25)20-16(11-24)13(3)4/h10,12-13,16,24H,5-9,11H2,1-4H3,(H,20,25)/t16-/m1/s1. The highest BCUT2D eigenvalue weighted by molar-refractivity contribution is 5.96. The summed E-state index contributed by atoms with van der Waals surface area (Å²) in [7, 11) is 0. The van der Waals surface area contributed by atoms with Gasteiger partial charge in [-0.1, -0.05) is 27.7 Å². The zero-order chi connectivity index (χ0) is 19.3. The van der Waals surface area contributed by atoms with Gasteiger partial charge in [0.25, 0.3) is 11.8 Å². The summed E-state index contributed by atoms with van der Waals surface area (Å²) in [5, 5.41) is 20.4. The lowest BCUT2D eigenvalue weighted by Gasteiger charge is -2.21. The van der Waals surface area contributed by atoms with Crippen molar-refractivity contribution in [3.8, 4) is 0 Å². The van der Waals surface area contributed by atoms with E-state index in [2.05, 4.69) is 29.4 Å². The monoisotopic (exact) mass is 362 g/mol. The molecular formula is C19H30N4O3. The molecule has 7 heteroatoms. The fraction of sp³-hybridized carbons (Fsp3) is 0.684. The van der Waals surface area contributed by atoms with E-state index in [1.807, 2.05) is 13.8 Å². The van der Waals surface area contributed by atoms with Crippen LogP contribution in [0.25, 0.3) is 0 Å². The van der Waals surface area contributed by atoms with E-state index in [9.17, 15) is 14.7 Å². The molecule has 0 bridgehead atoms. The molecule has 1 aliphatic heterocycles. The number of likely N-dealkylation sites (tertiary alicyclic amines) is 1. The molecule has 26 heavy (non-hydrogen) atoms. The Morgan fingerprint density at radius 2 is 1.85 bits per heavy atom. The Morgan fingerprint density at radius 3 is 2.38 bits per heavy atom. The van der Waals surface area contributed by atoms with E-state index in [1.54, 1.807) is 11.0 Å². The number of hydrogen-bond acceptors (Lipinski definition) is 5. The van der Waals surface area contributed by atoms with Crippen molar-refractivity contribution in [2.24, 2.45) is 11.8 Å². The predicted octanol–water partition coefficient (Wildman–Crippen LogP) is 1.66. The summed E-state index contributed by atoms with van der Waals surface area (Å²) in [6, 6.07) is 1.36. The molecule has 1 saturated heterocycles. The van der Waals surface area contributed by atoms with Crippen LogP contribution in [-0.2, 0) is 6.42 Å². The second-order valence-corrected chi connectivity index (χ2v) is 7.71. The third kappa shape index (κ3) is 5.00. The first-order valence-corrected chi connectivity index (χ1v) is 9.41. The van der Waals surface area contributed by atoms with Crippen LogP contribution in [0.1, 0.15) is 67.1 Å². The molecule has 2 rings (SSSR count). The predicted molar refractivity (Wildman–Crippen MR) is 98.9 cm³/mol. The van der Waals surface area contributed by atoms with Crippen molar-refractivity contribution in [3.05, 3.63) is 23.0 Å². The molecule has 1 aliphatic rings. The summed E-state index contributed by atoms with van der Waals surface area (Å²) in [5.74, 6) is -0.0795. The maximum atomic E-state index is 12.6. The van der Waals surface area contributed by atoms with E-state index in [0.29, 0.717) is 18.0 Å². The van der Waals surface area contributed by atoms with Crippen LogP contribution in [0, 0.1) is 11.8 Å². The molecule has 0 spiro atoms. The van der Waals surface area contributed by atoms with Crippen molar-refractivity contribution < 1.29 is 14.7 Å². The van der Waals surface area contributed by atoms with E-state index in [1.165, 1.54) is 0 Å². The third-order valence-electron chi connectivity index (χ3n) is 4.65. The van der Waals surface area contributed by atoms with Gasteiger partial charge in [0.2, 0.25) is 0 Å². The second kappa shape index (κ2) is 9.07. The van der Waals surface area contributed by atoms with Crippen molar-refractivity contribution in [2.45, 2.75) is 53.0 Å². The summed E-state index contributed by atoms with van der Waals surface area (Å²) in [5.41, 5.74) is 1.24. The van der Waals surface area contributed by atoms with Gasteiger partial charge in [-0.3, -0.25) is 9.59 Å². The van der Waals surface area contributed by atoms with E-state index < -0.39 is 0 Å². The summed E-state index contributed by atoms with van der Waals surface area (Å²) in [4.78, 5) is 27.0. The average molecular weight is 362 g/mol. The van der Waals surface area contributed by atoms with Crippen LogP contribution in [-0.4, -0.2) is 57.8 Å². The Kier molecular flexibility index (Phi) is 7.08. The molecule has 1 fully saturated rings. The minimum absolute atomic E-state index is 0.0986. The Bertz CT molecular complexity index is 640. The van der Waals surface area contributed by atoms with Crippen molar-refractivity contribution >= 4 is 11.8 Å². The third-order valence-corrected chi connectivity index (χ3v) is 4.65. The number of rotatable bonds is 7. The van der Waals surface area contributed by atoms with Crippen molar-refractivity contribution in [1.82, 2.24) is 20.4 Å². The van der Waals surface area contributed by atoms with Crippen LogP contribution in [0.5, 0.6) is 0 Å². The zero-order valence-electron chi connectivity index (χ0n) is 16.2. The molecule has 0 aromatic carbocycles. The normalized spacial score (nSPS) is 15.6. The highest BCUT2D eigenvalue weighted by Crippen LogP contribution is 2.17. The van der Waals surface area contributed by atoms with Gasteiger partial charge in [-0.2, -0.15) is 0 Å². The van der Waals surface area contributed by atoms with Gasteiger partial charge >= 0.3 is 0 Å². The van der Waals surface area contributed by atoms with E-state index >= 15 is 0 Å². The second-order valence-electron chi connectivity index (χ2n) is 7.71. The molecule has 2 amide bonds. The first kappa shape index (κ1) is 20.3. The highest BCUT2D eigenvalue weighted by Gasteiger charge is 2.25. The molecule has 0 aliphatic carbocycles. The SMILES string of the molecule is CC(C)Cc1cc(C(=O)N2CCCC2)nnc1C(=O)N[C@H](CO)C(C)C. The zero-order valence-corrected chi connectivity index (χ0v) is 16.2. The summed E-state index contributed by atoms with van der Waals surface area (Å²) in [6.07, 6.45) is 2.65. The molecule has 144 valence electrons. The van der Waals surface area contributed by atoms with E-state index in [0.717, 1.165) is 31.5 Å². The van der Waals surface area contributed by atoms with Crippen LogP contribution in [0.2, 0.25) is 0 Å². The fourth-order valence-electron chi connectivity index (χ4n) is 3.06. The minimum Gasteiger partial charge on any atom is -0.394 e. The van der Waals surface area contributed by atoms with Gasteiger partial charge in [0.1, 0.15) is 0 Å². The molecule has 0 saturated carbocycles. The first-order chi connectivity index (χ1) is 12.3. The number of carbonyl (C=O) groups excluding carboxylic acids is 2. The van der Waals surface area contributed by atoms with Crippen LogP contribution in [0.15, 0.2) is 6.07 Å². The maximum absolute atomic E-state index is 12.6. The molecule has 1 aromatic rings. The average Bonchev–Trinajstić information content (AvgIpc) is 3.12. The van der Waals surface area contributed by atoms with Crippen LogP contribution < -0.4 is 5.32 Å². The van der Waals surface area contributed by atoms with Crippen molar-refractivity contribution in [1.29, 1.82) is 0 Å². The Morgan fingerprint density at radius 1 is 1.19 bits per heavy atom. The molecule has 7 nitrogen and oxygen atoms in total. The minimum atomic E-state index is -0.360. The Hall–Kier alpha value is -2.02. The number of aliphatic hydroxyl groups is 1. The Balaban J connectivity index is 2.27. The van der Waals surface area contributed by atoms with E-state index in [-0.39, 0.29) is 36.1 Å². The van der Waals surface area contributed by atoms with Gasteiger partial charge in [0.15, 0.2) is 11.4 Å². The summed E-state index contributed by atoms with van der Waals surface area (Å²) < 4.78 is 0. The van der Waals surface area contributed by atoms with Gasteiger partial charge in [-0.15, -0.1) is 10.2 Å². The quantitative estimate of drug-likeness (QED) is 0.769. The Labute approximate surface area is 155 Å². The topological polar surface area (TPSA) is 95.4 Å². The van der Waals surface area contributed by atoms with Gasteiger partial charge < -0.3 is 15.3 Å². The number of aliphatic hydroxyl groups excluding tert-OH is 1. The number of hydrogen-bond donors (Lipinski definition) is 2. The maximum Gasteiger partial charge on any atom is 0.274 e. The van der Waals surface area contributed by atoms with Gasteiger partial charge in [-0.25, -0.2) is 0 Å². The number of amides is 2. The smallest absolute Gasteiger partial charge is 0.274 e. The lowest BCUT2D eigenvalue weighted by atomic mass is 10.00. The first-order valence-electron chi connectivity index (χ1n) is 9.41. The van der Waals surface area contributed by atoms with E-state index in [4.69, 9.17) is 0 Å². The molecule has 0 radical (unpaired) electrons. The van der Waals surface area contributed by atoms with Gasteiger partial charge in [0.05, 0.1) is 12.6 Å². The number of nitrogens with one attached hydrogen (secondary N) is 1. The summed E-state index contributed by atoms with van der Waals surface area (Å²) in [6.45, 7) is 9.31. The number of nitrogens with zero attached hydrogens (tertiary/aromatic N) is 3. The number of aromatic nitrogens is 2. The highest BCUT2D eigenvalue weighted by atomic mass is 16.3. The molecule has 2 N–H and O–H groups in total. The fourth-order valence-corrected chi connectivity index (χ4v) is 3.06. The van der Waals surface area contributed by atoms with Crippen molar-refractivity contribution in [2.75, 3.05) is 19.7 Å². The molecule has 1 atom stereocenters. The van der Waals surface area contributed by atoms with Crippen LogP contribution in [0.3, 0.4) is 0 Å². The largest absolute Gasteiger partial charge is 0.394 e. The molecule has 1 aromatic heterocycles. The lowest BCUT2D eigenvalue weighted by molar-refractivity contribution is 0.0783. The molecule has 2 heterocycles. The van der Waals surface area contributed by atoms with Gasteiger partial charge in [0, 0.05) is 13.1 Å². The van der Waals surface area contributed by atoms with Crippen LogP contribution in [0.4, 0.5) is 0 Å². The lowest BCUT2D eigenvalue weighted by Crippen LogP contribution is -2.42. The molecule has 0 unspecified atom stereocenters. The van der Waals surface area contributed by atoms with Crippen molar-refractivity contribution in [3.63, 3.8) is 0 Å². The van der Waals surface area contributed by atoms with Gasteiger partial charge in [-0.05, 0) is 42.7 Å². The summed E-state index contributed by atoms with van der Waals surface area (Å²) >= 11 is 0. The van der Waals surface area contributed by atoms with Crippen LogP contribution >= 0.6 is 0 Å². The number of carbonyl (C=O) groups is 2. The molecular weight excluding hydrogens is 332 g/mol.